The van der Waals surface area contributed by atoms with Gasteiger partial charge in [-0.15, -0.1) is 5.10 Å². The van der Waals surface area contributed by atoms with Crippen molar-refractivity contribution >= 4 is 39.7 Å². The maximum Gasteiger partial charge on any atom is 0.277 e. The SMILES string of the molecule is Cc1ccc2c(N3CCN(CCc4cccc(NC(=O)c5csnn5)c4)CC3)cccc2n1. The van der Waals surface area contributed by atoms with Crippen LogP contribution in [-0.2, 0) is 6.42 Å². The second-order valence-corrected chi connectivity index (χ2v) is 8.93. The standard InChI is InChI=1S/C25H26N6OS/c1-18-8-9-21-22(26-18)6-3-7-24(21)31-14-12-30(13-15-31)11-10-19-4-2-5-20(16-19)27-25(32)23-17-33-29-28-23/h2-9,16-17H,10-15H2,1H3,(H,27,32). The van der Waals surface area contributed by atoms with Crippen molar-refractivity contribution in [2.24, 2.45) is 0 Å². The summed E-state index contributed by atoms with van der Waals surface area (Å²) in [6.07, 6.45) is 0.944. The first kappa shape index (κ1) is 21.5. The molecule has 1 N–H and O–H groups in total. The van der Waals surface area contributed by atoms with Gasteiger partial charge >= 0.3 is 0 Å². The number of anilines is 2. The van der Waals surface area contributed by atoms with Gasteiger partial charge in [0.15, 0.2) is 5.69 Å². The molecule has 3 heterocycles. The first-order valence-electron chi connectivity index (χ1n) is 11.2. The Labute approximate surface area is 197 Å². The number of amides is 1. The summed E-state index contributed by atoms with van der Waals surface area (Å²) >= 11 is 1.17. The van der Waals surface area contributed by atoms with Gasteiger partial charge in [0, 0.05) is 60.6 Å². The smallest absolute Gasteiger partial charge is 0.277 e. The zero-order chi connectivity index (χ0) is 22.6. The van der Waals surface area contributed by atoms with Gasteiger partial charge in [-0.3, -0.25) is 14.7 Å². The number of nitrogens with one attached hydrogen (secondary N) is 1. The number of pyridine rings is 1. The quantitative estimate of drug-likeness (QED) is 0.471. The monoisotopic (exact) mass is 458 g/mol. The Morgan fingerprint density at radius 2 is 1.91 bits per heavy atom. The van der Waals surface area contributed by atoms with E-state index in [9.17, 15) is 4.79 Å². The number of piperazine rings is 1. The molecule has 5 rings (SSSR count). The number of carbonyl (C=O) groups excluding carboxylic acids is 1. The summed E-state index contributed by atoms with van der Waals surface area (Å²) in [6, 6.07) is 18.7. The number of hydrogen-bond acceptors (Lipinski definition) is 7. The van der Waals surface area contributed by atoms with Gasteiger partial charge in [-0.1, -0.05) is 22.7 Å². The van der Waals surface area contributed by atoms with E-state index in [1.54, 1.807) is 5.38 Å². The summed E-state index contributed by atoms with van der Waals surface area (Å²) in [5.74, 6) is -0.226. The lowest BCUT2D eigenvalue weighted by Crippen LogP contribution is -2.47. The summed E-state index contributed by atoms with van der Waals surface area (Å²) in [7, 11) is 0. The average Bonchev–Trinajstić information content (AvgIpc) is 3.38. The fourth-order valence-electron chi connectivity index (χ4n) is 4.28. The molecule has 0 saturated carbocycles. The van der Waals surface area contributed by atoms with Crippen molar-refractivity contribution in [3.63, 3.8) is 0 Å². The van der Waals surface area contributed by atoms with Crippen molar-refractivity contribution in [3.05, 3.63) is 76.9 Å². The lowest BCUT2D eigenvalue weighted by Gasteiger charge is -2.36. The van der Waals surface area contributed by atoms with E-state index in [4.69, 9.17) is 0 Å². The van der Waals surface area contributed by atoms with E-state index in [1.807, 2.05) is 25.1 Å². The number of rotatable bonds is 6. The largest absolute Gasteiger partial charge is 0.368 e. The van der Waals surface area contributed by atoms with Crippen molar-refractivity contribution in [3.8, 4) is 0 Å². The number of benzene rings is 2. The molecule has 168 valence electrons. The minimum absolute atomic E-state index is 0.226. The van der Waals surface area contributed by atoms with Crippen molar-refractivity contribution in [1.29, 1.82) is 0 Å². The molecule has 0 spiro atoms. The van der Waals surface area contributed by atoms with Crippen LogP contribution in [0, 0.1) is 6.92 Å². The Morgan fingerprint density at radius 1 is 1.06 bits per heavy atom. The second-order valence-electron chi connectivity index (χ2n) is 8.32. The lowest BCUT2D eigenvalue weighted by atomic mass is 10.1. The number of aryl methyl sites for hydroxylation is 1. The molecule has 1 aliphatic heterocycles. The normalized spacial score (nSPS) is 14.5. The Bertz CT molecular complexity index is 1250. The van der Waals surface area contributed by atoms with E-state index in [0.717, 1.165) is 56.0 Å². The van der Waals surface area contributed by atoms with Gasteiger partial charge in [0.25, 0.3) is 5.91 Å². The minimum Gasteiger partial charge on any atom is -0.368 e. The number of fused-ring (bicyclic) bond motifs is 1. The first-order valence-corrected chi connectivity index (χ1v) is 12.0. The molecule has 0 bridgehead atoms. The van der Waals surface area contributed by atoms with Crippen molar-refractivity contribution < 1.29 is 4.79 Å². The molecule has 0 aliphatic carbocycles. The molecule has 0 radical (unpaired) electrons. The third-order valence-electron chi connectivity index (χ3n) is 6.06. The van der Waals surface area contributed by atoms with Gasteiger partial charge in [0.1, 0.15) is 0 Å². The molecule has 2 aromatic heterocycles. The molecule has 33 heavy (non-hydrogen) atoms. The zero-order valence-corrected chi connectivity index (χ0v) is 19.4. The maximum absolute atomic E-state index is 12.2. The number of carbonyl (C=O) groups is 1. The molecule has 7 nitrogen and oxygen atoms in total. The van der Waals surface area contributed by atoms with Crippen LogP contribution in [0.15, 0.2) is 60.0 Å². The molecule has 4 aromatic rings. The van der Waals surface area contributed by atoms with Crippen LogP contribution in [0.3, 0.4) is 0 Å². The fraction of sp³-hybridized carbons (Fsp3) is 0.280. The van der Waals surface area contributed by atoms with Crippen molar-refractivity contribution in [2.75, 3.05) is 42.9 Å². The highest BCUT2D eigenvalue weighted by atomic mass is 32.1. The molecular weight excluding hydrogens is 432 g/mol. The summed E-state index contributed by atoms with van der Waals surface area (Å²) in [6.45, 7) is 7.10. The highest BCUT2D eigenvalue weighted by Crippen LogP contribution is 2.27. The van der Waals surface area contributed by atoms with Crippen LogP contribution in [0.5, 0.6) is 0 Å². The van der Waals surface area contributed by atoms with E-state index >= 15 is 0 Å². The first-order chi connectivity index (χ1) is 16.2. The van der Waals surface area contributed by atoms with Crippen LogP contribution in [0.25, 0.3) is 10.9 Å². The van der Waals surface area contributed by atoms with Gasteiger partial charge in [-0.2, -0.15) is 0 Å². The second kappa shape index (κ2) is 9.64. The van der Waals surface area contributed by atoms with E-state index in [-0.39, 0.29) is 5.91 Å². The highest BCUT2D eigenvalue weighted by Gasteiger charge is 2.19. The fourth-order valence-corrected chi connectivity index (χ4v) is 4.72. The van der Waals surface area contributed by atoms with Crippen molar-refractivity contribution in [2.45, 2.75) is 13.3 Å². The van der Waals surface area contributed by atoms with Gasteiger partial charge in [-0.25, -0.2) is 0 Å². The van der Waals surface area contributed by atoms with Crippen LogP contribution in [0.2, 0.25) is 0 Å². The third kappa shape index (κ3) is 5.02. The summed E-state index contributed by atoms with van der Waals surface area (Å²) in [5, 5.41) is 9.60. The van der Waals surface area contributed by atoms with Gasteiger partial charge in [0.05, 0.1) is 5.52 Å². The number of nitrogens with zero attached hydrogens (tertiary/aromatic N) is 5. The van der Waals surface area contributed by atoms with Gasteiger partial charge < -0.3 is 10.2 Å². The van der Waals surface area contributed by atoms with Gasteiger partial charge in [0.2, 0.25) is 0 Å². The van der Waals surface area contributed by atoms with Crippen LogP contribution in [0.1, 0.15) is 21.7 Å². The molecular formula is C25H26N6OS. The van der Waals surface area contributed by atoms with Crippen LogP contribution < -0.4 is 10.2 Å². The topological polar surface area (TPSA) is 74.2 Å². The molecule has 1 aliphatic rings. The molecule has 8 heteroatoms. The summed E-state index contributed by atoms with van der Waals surface area (Å²) < 4.78 is 3.75. The van der Waals surface area contributed by atoms with E-state index < -0.39 is 0 Å². The molecule has 2 aromatic carbocycles. The van der Waals surface area contributed by atoms with Gasteiger partial charge in [-0.05, 0) is 66.8 Å². The van der Waals surface area contributed by atoms with Crippen LogP contribution in [0.4, 0.5) is 11.4 Å². The predicted molar refractivity (Wildman–Crippen MR) is 133 cm³/mol. The van der Waals surface area contributed by atoms with Crippen LogP contribution in [-0.4, -0.2) is 58.1 Å². The molecule has 0 atom stereocenters. The predicted octanol–water partition coefficient (Wildman–Crippen LogP) is 4.01. The number of hydrogen-bond donors (Lipinski definition) is 1. The third-order valence-corrected chi connectivity index (χ3v) is 6.56. The Balaban J connectivity index is 1.16. The lowest BCUT2D eigenvalue weighted by molar-refractivity contribution is 0.102. The van der Waals surface area contributed by atoms with Crippen molar-refractivity contribution in [1.82, 2.24) is 19.5 Å². The number of aromatic nitrogens is 3. The Hall–Kier alpha value is -3.36. The molecule has 1 saturated heterocycles. The average molecular weight is 459 g/mol. The Kier molecular flexibility index (Phi) is 6.28. The molecule has 1 amide bonds. The van der Waals surface area contributed by atoms with E-state index in [2.05, 4.69) is 66.1 Å². The molecule has 0 unspecified atom stereocenters. The molecule has 1 fully saturated rings. The Morgan fingerprint density at radius 3 is 2.73 bits per heavy atom. The summed E-state index contributed by atoms with van der Waals surface area (Å²) in [5.41, 5.74) is 5.73. The maximum atomic E-state index is 12.2. The highest BCUT2D eigenvalue weighted by molar-refractivity contribution is 7.03. The van der Waals surface area contributed by atoms with E-state index in [0.29, 0.717) is 5.69 Å². The van der Waals surface area contributed by atoms with Crippen LogP contribution >= 0.6 is 11.5 Å². The summed E-state index contributed by atoms with van der Waals surface area (Å²) in [4.78, 5) is 21.9. The van der Waals surface area contributed by atoms with E-state index in [1.165, 1.54) is 28.2 Å². The minimum atomic E-state index is -0.226. The zero-order valence-electron chi connectivity index (χ0n) is 18.6.